The Kier molecular flexibility index (Phi) is 3.72. The molecule has 0 amide bonds. The van der Waals surface area contributed by atoms with E-state index in [1.807, 2.05) is 0 Å². The number of H-pyrrole nitrogens is 1. The van der Waals surface area contributed by atoms with E-state index in [1.165, 1.54) is 25.0 Å². The zero-order valence-electron chi connectivity index (χ0n) is 13.1. The topological polar surface area (TPSA) is 70.7 Å². The van der Waals surface area contributed by atoms with Gasteiger partial charge in [0.15, 0.2) is 5.65 Å². The molecule has 24 heavy (non-hydrogen) atoms. The van der Waals surface area contributed by atoms with Crippen LogP contribution in [-0.2, 0) is 0 Å². The van der Waals surface area contributed by atoms with Crippen molar-refractivity contribution >= 4 is 17.0 Å². The number of benzene rings is 1. The molecule has 4 rings (SSSR count). The van der Waals surface area contributed by atoms with Gasteiger partial charge in [-0.1, -0.05) is 25.0 Å². The van der Waals surface area contributed by atoms with Crippen LogP contribution in [0.15, 0.2) is 41.3 Å². The van der Waals surface area contributed by atoms with Crippen molar-refractivity contribution in [3.8, 4) is 11.1 Å². The first-order valence-electron chi connectivity index (χ1n) is 8.12. The van der Waals surface area contributed by atoms with Crippen LogP contribution in [-0.4, -0.2) is 21.0 Å². The van der Waals surface area contributed by atoms with Crippen LogP contribution in [0, 0.1) is 5.82 Å². The van der Waals surface area contributed by atoms with E-state index in [0.717, 1.165) is 18.4 Å². The monoisotopic (exact) mass is 324 g/mol. The normalized spacial score (nSPS) is 15.0. The minimum atomic E-state index is -0.313. The van der Waals surface area contributed by atoms with Crippen LogP contribution in [0.4, 0.5) is 10.3 Å². The average Bonchev–Trinajstić information content (AvgIpc) is 3.08. The van der Waals surface area contributed by atoms with Gasteiger partial charge in [-0.25, -0.2) is 9.37 Å². The first-order valence-corrected chi connectivity index (χ1v) is 8.12. The maximum atomic E-state index is 13.1. The number of aromatic amines is 1. The van der Waals surface area contributed by atoms with Crippen LogP contribution < -0.4 is 10.9 Å². The molecule has 5 nitrogen and oxygen atoms in total. The van der Waals surface area contributed by atoms with Crippen molar-refractivity contribution in [2.45, 2.75) is 31.7 Å². The molecule has 0 unspecified atom stereocenters. The molecule has 0 aliphatic heterocycles. The average molecular weight is 324 g/mol. The predicted molar refractivity (Wildman–Crippen MR) is 91.4 cm³/mol. The summed E-state index contributed by atoms with van der Waals surface area (Å²) in [5.74, 6) is 0.148. The fraction of sp³-hybridized carbons (Fsp3) is 0.278. The number of fused-ring (bicyclic) bond motifs is 1. The van der Waals surface area contributed by atoms with Crippen LogP contribution in [0.5, 0.6) is 0 Å². The van der Waals surface area contributed by atoms with Gasteiger partial charge in [-0.2, -0.15) is 4.98 Å². The van der Waals surface area contributed by atoms with Crippen LogP contribution in [0.1, 0.15) is 25.7 Å². The molecule has 2 N–H and O–H groups in total. The van der Waals surface area contributed by atoms with Crippen molar-refractivity contribution in [2.75, 3.05) is 5.32 Å². The van der Waals surface area contributed by atoms with Gasteiger partial charge in [0, 0.05) is 12.2 Å². The van der Waals surface area contributed by atoms with E-state index in [4.69, 9.17) is 0 Å². The number of aromatic nitrogens is 3. The van der Waals surface area contributed by atoms with Gasteiger partial charge in [0.1, 0.15) is 5.82 Å². The fourth-order valence-electron chi connectivity index (χ4n) is 3.27. The Hall–Kier alpha value is -2.76. The van der Waals surface area contributed by atoms with Crippen molar-refractivity contribution in [1.29, 1.82) is 0 Å². The molecule has 2 heterocycles. The molecule has 1 aromatic carbocycles. The maximum absolute atomic E-state index is 13.1. The second kappa shape index (κ2) is 6.03. The van der Waals surface area contributed by atoms with Gasteiger partial charge in [0.05, 0.1) is 5.39 Å². The third-order valence-electron chi connectivity index (χ3n) is 4.46. The Morgan fingerprint density at radius 3 is 2.62 bits per heavy atom. The van der Waals surface area contributed by atoms with Gasteiger partial charge < -0.3 is 5.32 Å². The standard InChI is InChI=1S/C18H17FN4O/c19-12-7-5-11(6-8-12)14-9-10-20-16-15(14)17(24)23-18(22-16)21-13-3-1-2-4-13/h5-10,13H,1-4H2,(H2,20,21,22,23,24). The molecule has 0 spiro atoms. The summed E-state index contributed by atoms with van der Waals surface area (Å²) < 4.78 is 13.1. The molecule has 0 radical (unpaired) electrons. The number of nitrogens with zero attached hydrogens (tertiary/aromatic N) is 2. The smallest absolute Gasteiger partial charge is 0.262 e. The number of halogens is 1. The summed E-state index contributed by atoms with van der Waals surface area (Å²) in [7, 11) is 0. The highest BCUT2D eigenvalue weighted by atomic mass is 19.1. The third-order valence-corrected chi connectivity index (χ3v) is 4.46. The van der Waals surface area contributed by atoms with Crippen molar-refractivity contribution in [3.05, 3.63) is 52.7 Å². The molecule has 3 aromatic rings. The Bertz CT molecular complexity index is 930. The fourth-order valence-corrected chi connectivity index (χ4v) is 3.27. The number of pyridine rings is 1. The minimum Gasteiger partial charge on any atom is -0.353 e. The van der Waals surface area contributed by atoms with Gasteiger partial charge in [-0.15, -0.1) is 0 Å². The maximum Gasteiger partial charge on any atom is 0.262 e. The lowest BCUT2D eigenvalue weighted by atomic mass is 10.0. The van der Waals surface area contributed by atoms with Crippen LogP contribution in [0.25, 0.3) is 22.2 Å². The highest BCUT2D eigenvalue weighted by Crippen LogP contribution is 2.25. The zero-order valence-corrected chi connectivity index (χ0v) is 13.1. The number of hydrogen-bond donors (Lipinski definition) is 2. The van der Waals surface area contributed by atoms with E-state index < -0.39 is 0 Å². The summed E-state index contributed by atoms with van der Waals surface area (Å²) in [5.41, 5.74) is 1.60. The van der Waals surface area contributed by atoms with E-state index in [2.05, 4.69) is 20.3 Å². The Morgan fingerprint density at radius 2 is 1.88 bits per heavy atom. The predicted octanol–water partition coefficient (Wildman–Crippen LogP) is 3.48. The number of rotatable bonds is 3. The van der Waals surface area contributed by atoms with Crippen molar-refractivity contribution < 1.29 is 4.39 Å². The van der Waals surface area contributed by atoms with E-state index in [9.17, 15) is 9.18 Å². The lowest BCUT2D eigenvalue weighted by molar-refractivity contribution is 0.628. The summed E-state index contributed by atoms with van der Waals surface area (Å²) in [5, 5.41) is 3.70. The summed E-state index contributed by atoms with van der Waals surface area (Å²) in [6, 6.07) is 8.14. The second-order valence-corrected chi connectivity index (χ2v) is 6.10. The highest BCUT2D eigenvalue weighted by Gasteiger charge is 2.17. The molecule has 6 heteroatoms. The first-order chi connectivity index (χ1) is 11.7. The summed E-state index contributed by atoms with van der Waals surface area (Å²) in [4.78, 5) is 24.1. The SMILES string of the molecule is O=c1[nH]c(NC2CCCC2)nc2nccc(-c3ccc(F)cc3)c12. The zero-order chi connectivity index (χ0) is 16.5. The number of nitrogens with one attached hydrogen (secondary N) is 2. The molecule has 122 valence electrons. The molecule has 1 aliphatic rings. The lowest BCUT2D eigenvalue weighted by Crippen LogP contribution is -2.20. The number of hydrogen-bond acceptors (Lipinski definition) is 4. The first kappa shape index (κ1) is 14.8. The molecule has 0 bridgehead atoms. The van der Waals surface area contributed by atoms with Gasteiger partial charge in [-0.05, 0) is 42.2 Å². The third kappa shape index (κ3) is 2.75. The van der Waals surface area contributed by atoms with Crippen molar-refractivity contribution in [2.24, 2.45) is 0 Å². The lowest BCUT2D eigenvalue weighted by Gasteiger charge is -2.13. The minimum absolute atomic E-state index is 0.243. The van der Waals surface area contributed by atoms with E-state index in [-0.39, 0.29) is 11.4 Å². The quantitative estimate of drug-likeness (QED) is 0.774. The molecule has 0 atom stereocenters. The molecule has 1 aliphatic carbocycles. The molecular formula is C18H17FN4O. The van der Waals surface area contributed by atoms with Gasteiger partial charge in [-0.3, -0.25) is 9.78 Å². The highest BCUT2D eigenvalue weighted by molar-refractivity contribution is 5.92. The molecule has 1 fully saturated rings. The second-order valence-electron chi connectivity index (χ2n) is 6.10. The molecular weight excluding hydrogens is 307 g/mol. The summed E-state index contributed by atoms with van der Waals surface area (Å²) >= 11 is 0. The Labute approximate surface area is 138 Å². The summed E-state index contributed by atoms with van der Waals surface area (Å²) in [6.07, 6.45) is 6.19. The molecule has 2 aromatic heterocycles. The number of anilines is 1. The largest absolute Gasteiger partial charge is 0.353 e. The Morgan fingerprint density at radius 1 is 1.12 bits per heavy atom. The molecule has 0 saturated heterocycles. The van der Waals surface area contributed by atoms with E-state index in [1.54, 1.807) is 24.4 Å². The van der Waals surface area contributed by atoms with Gasteiger partial charge >= 0.3 is 0 Å². The van der Waals surface area contributed by atoms with Crippen LogP contribution in [0.3, 0.4) is 0 Å². The van der Waals surface area contributed by atoms with E-state index in [0.29, 0.717) is 28.6 Å². The van der Waals surface area contributed by atoms with Crippen LogP contribution >= 0.6 is 0 Å². The Balaban J connectivity index is 1.79. The molecule has 1 saturated carbocycles. The van der Waals surface area contributed by atoms with Crippen molar-refractivity contribution in [1.82, 2.24) is 15.0 Å². The van der Waals surface area contributed by atoms with Gasteiger partial charge in [0.25, 0.3) is 5.56 Å². The van der Waals surface area contributed by atoms with E-state index >= 15 is 0 Å². The van der Waals surface area contributed by atoms with Gasteiger partial charge in [0.2, 0.25) is 5.95 Å². The van der Waals surface area contributed by atoms with Crippen LogP contribution in [0.2, 0.25) is 0 Å². The summed E-state index contributed by atoms with van der Waals surface area (Å²) in [6.45, 7) is 0. The van der Waals surface area contributed by atoms with Crippen molar-refractivity contribution in [3.63, 3.8) is 0 Å².